The second kappa shape index (κ2) is 27.9. The summed E-state index contributed by atoms with van der Waals surface area (Å²) in [6, 6.07) is 1.91. The van der Waals surface area contributed by atoms with Crippen LogP contribution in [0.15, 0.2) is 12.1 Å². The molecule has 6 N–H and O–H groups in total. The Balaban J connectivity index is 3.30. The fourth-order valence-corrected chi connectivity index (χ4v) is 3.98. The highest BCUT2D eigenvalue weighted by atomic mass is 16.6. The van der Waals surface area contributed by atoms with Crippen LogP contribution in [0.25, 0.3) is 0 Å². The summed E-state index contributed by atoms with van der Waals surface area (Å²) in [4.78, 5) is 39.1. The van der Waals surface area contributed by atoms with Crippen molar-refractivity contribution in [1.29, 1.82) is 0 Å². The fourth-order valence-electron chi connectivity index (χ4n) is 3.98. The molecule has 0 aliphatic carbocycles. The number of carbonyl (C=O) groups is 3. The number of carbonyl (C=O) groups excluding carboxylic acids is 3. The van der Waals surface area contributed by atoms with Crippen molar-refractivity contribution in [3.05, 3.63) is 17.7 Å². The van der Waals surface area contributed by atoms with Gasteiger partial charge in [0.15, 0.2) is 11.5 Å². The van der Waals surface area contributed by atoms with Crippen LogP contribution in [0.5, 0.6) is 17.2 Å². The predicted octanol–water partition coefficient (Wildman–Crippen LogP) is 0.561. The van der Waals surface area contributed by atoms with Gasteiger partial charge in [-0.1, -0.05) is 26.7 Å². The van der Waals surface area contributed by atoms with Crippen molar-refractivity contribution in [2.45, 2.75) is 58.4 Å². The van der Waals surface area contributed by atoms with E-state index in [2.05, 4.69) is 16.0 Å². The van der Waals surface area contributed by atoms with E-state index in [-0.39, 0.29) is 121 Å². The summed E-state index contributed by atoms with van der Waals surface area (Å²) >= 11 is 0. The van der Waals surface area contributed by atoms with Gasteiger partial charge in [0.1, 0.15) is 25.9 Å². The fraction of sp³-hybridized carbons (Fsp3) is 0.719. The van der Waals surface area contributed by atoms with Gasteiger partial charge in [0.05, 0.1) is 59.5 Å². The summed E-state index contributed by atoms with van der Waals surface area (Å²) < 4.78 is 33.6. The molecule has 0 fully saturated rings. The topological polar surface area (TPSA) is 203 Å². The number of hydrogen-bond donors (Lipinski definition) is 6. The monoisotopic (exact) mass is 673 g/mol. The van der Waals surface area contributed by atoms with Crippen LogP contribution in [0.2, 0.25) is 0 Å². The first-order chi connectivity index (χ1) is 22.9. The minimum atomic E-state index is -0.983. The largest absolute Gasteiger partial charge is 0.487 e. The molecular formula is C32H55N3O12. The number of aliphatic hydroxyl groups is 3. The molecule has 0 aliphatic heterocycles. The van der Waals surface area contributed by atoms with Crippen LogP contribution >= 0.6 is 0 Å². The summed E-state index contributed by atoms with van der Waals surface area (Å²) in [5.41, 5.74) is 0.102. The maximum Gasteiger partial charge on any atom is 0.252 e. The molecule has 0 radical (unpaired) electrons. The Kier molecular flexibility index (Phi) is 24.8. The Labute approximate surface area is 277 Å². The van der Waals surface area contributed by atoms with E-state index in [9.17, 15) is 14.4 Å². The van der Waals surface area contributed by atoms with Crippen LogP contribution in [0, 0.1) is 0 Å². The first-order valence-electron chi connectivity index (χ1n) is 16.4. The van der Waals surface area contributed by atoms with Crippen molar-refractivity contribution >= 4 is 17.7 Å². The molecule has 0 spiro atoms. The molecule has 0 saturated heterocycles. The highest BCUT2D eigenvalue weighted by Gasteiger charge is 2.25. The molecule has 0 heterocycles. The lowest BCUT2D eigenvalue weighted by atomic mass is 10.1. The molecule has 15 heteroatoms. The second-order valence-corrected chi connectivity index (χ2v) is 10.3. The highest BCUT2D eigenvalue weighted by molar-refractivity contribution is 5.98. The van der Waals surface area contributed by atoms with Gasteiger partial charge in [-0.15, -0.1) is 0 Å². The second-order valence-electron chi connectivity index (χ2n) is 10.3. The van der Waals surface area contributed by atoms with Crippen molar-refractivity contribution in [3.63, 3.8) is 0 Å². The standard InChI is InChI=1S/C32H55N3O12/c1-3-5-9-33-29(39)8-7-26(32(41)34-10-6-4-2)35-31(40)25-23-27(45-20-17-42-14-11-36)30(47-22-19-44-16-13-38)28(24-25)46-21-18-43-15-12-37/h23-24,26,36-38H,3-22H2,1-2H3,(H,33,39)(H,34,41)(H,35,40)/t26-/m0/s1. The van der Waals surface area contributed by atoms with Crippen LogP contribution in [-0.2, 0) is 23.8 Å². The quantitative estimate of drug-likeness (QED) is 0.0621. The minimum Gasteiger partial charge on any atom is -0.487 e. The lowest BCUT2D eigenvalue weighted by molar-refractivity contribution is -0.124. The molecule has 0 unspecified atom stereocenters. The van der Waals surface area contributed by atoms with E-state index in [1.54, 1.807) is 0 Å². The lowest BCUT2D eigenvalue weighted by Gasteiger charge is -2.21. The third kappa shape index (κ3) is 19.3. The molecule has 3 amide bonds. The molecule has 1 rings (SSSR count). The van der Waals surface area contributed by atoms with Gasteiger partial charge in [-0.3, -0.25) is 14.4 Å². The van der Waals surface area contributed by atoms with Crippen LogP contribution in [-0.4, -0.2) is 131 Å². The Hall–Kier alpha value is -3.21. The van der Waals surface area contributed by atoms with Crippen molar-refractivity contribution < 1.29 is 58.1 Å². The summed E-state index contributed by atoms with van der Waals surface area (Å²) in [5, 5.41) is 35.4. The van der Waals surface area contributed by atoms with E-state index in [4.69, 9.17) is 43.7 Å². The summed E-state index contributed by atoms with van der Waals surface area (Å²) in [5.74, 6) is -0.729. The van der Waals surface area contributed by atoms with Crippen molar-refractivity contribution in [2.75, 3.05) is 92.4 Å². The number of aliphatic hydroxyl groups excluding tert-OH is 3. The Morgan fingerprint density at radius 3 is 1.66 bits per heavy atom. The van der Waals surface area contributed by atoms with Crippen LogP contribution in [0.4, 0.5) is 0 Å². The number of amides is 3. The van der Waals surface area contributed by atoms with Crippen LogP contribution < -0.4 is 30.2 Å². The predicted molar refractivity (Wildman–Crippen MR) is 173 cm³/mol. The van der Waals surface area contributed by atoms with E-state index in [1.807, 2.05) is 13.8 Å². The van der Waals surface area contributed by atoms with Crippen molar-refractivity contribution in [3.8, 4) is 17.2 Å². The zero-order valence-electron chi connectivity index (χ0n) is 27.9. The summed E-state index contributed by atoms with van der Waals surface area (Å²) in [6.45, 7) is 5.54. The molecule has 1 atom stereocenters. The molecule has 1 aromatic rings. The minimum absolute atomic E-state index is 0.0470. The Morgan fingerprint density at radius 2 is 1.17 bits per heavy atom. The third-order valence-electron chi connectivity index (χ3n) is 6.40. The van der Waals surface area contributed by atoms with Crippen molar-refractivity contribution in [2.24, 2.45) is 0 Å². The molecule has 15 nitrogen and oxygen atoms in total. The maximum atomic E-state index is 13.6. The molecule has 47 heavy (non-hydrogen) atoms. The zero-order valence-corrected chi connectivity index (χ0v) is 27.9. The first kappa shape index (κ1) is 41.8. The van der Waals surface area contributed by atoms with Gasteiger partial charge >= 0.3 is 0 Å². The van der Waals surface area contributed by atoms with Gasteiger partial charge < -0.3 is 59.7 Å². The number of hydrogen-bond acceptors (Lipinski definition) is 12. The van der Waals surface area contributed by atoms with E-state index in [0.717, 1.165) is 25.7 Å². The van der Waals surface area contributed by atoms with E-state index >= 15 is 0 Å². The molecule has 1 aromatic carbocycles. The number of rotatable bonds is 30. The van der Waals surface area contributed by atoms with Gasteiger partial charge in [0, 0.05) is 25.1 Å². The average molecular weight is 674 g/mol. The van der Waals surface area contributed by atoms with E-state index in [1.165, 1.54) is 12.1 Å². The van der Waals surface area contributed by atoms with Crippen LogP contribution in [0.1, 0.15) is 62.7 Å². The lowest BCUT2D eigenvalue weighted by Crippen LogP contribution is -2.47. The van der Waals surface area contributed by atoms with Gasteiger partial charge in [0.2, 0.25) is 17.6 Å². The maximum absolute atomic E-state index is 13.6. The summed E-state index contributed by atoms with van der Waals surface area (Å²) in [6.07, 6.45) is 3.55. The Morgan fingerprint density at radius 1 is 0.681 bits per heavy atom. The van der Waals surface area contributed by atoms with Crippen LogP contribution in [0.3, 0.4) is 0 Å². The molecule has 270 valence electrons. The SMILES string of the molecule is CCCCNC(=O)CC[C@H](NC(=O)c1cc(OCCOCCO)c(OCCOCCO)c(OCCOCCO)c1)C(=O)NCCCC. The molecule has 0 bridgehead atoms. The van der Waals surface area contributed by atoms with Crippen molar-refractivity contribution in [1.82, 2.24) is 16.0 Å². The molecular weight excluding hydrogens is 618 g/mol. The van der Waals surface area contributed by atoms with Gasteiger partial charge in [-0.2, -0.15) is 0 Å². The smallest absolute Gasteiger partial charge is 0.252 e. The zero-order chi connectivity index (χ0) is 34.5. The third-order valence-corrected chi connectivity index (χ3v) is 6.40. The highest BCUT2D eigenvalue weighted by Crippen LogP contribution is 2.39. The number of benzene rings is 1. The van der Waals surface area contributed by atoms with Gasteiger partial charge in [-0.05, 0) is 31.4 Å². The number of ether oxygens (including phenoxy) is 6. The summed E-state index contributed by atoms with van der Waals surface area (Å²) in [7, 11) is 0. The molecule has 0 saturated carbocycles. The number of unbranched alkanes of at least 4 members (excludes halogenated alkanes) is 2. The van der Waals surface area contributed by atoms with Gasteiger partial charge in [0.25, 0.3) is 5.91 Å². The van der Waals surface area contributed by atoms with E-state index in [0.29, 0.717) is 13.1 Å². The number of nitrogens with one attached hydrogen (secondary N) is 3. The molecule has 0 aliphatic rings. The van der Waals surface area contributed by atoms with Gasteiger partial charge in [-0.25, -0.2) is 0 Å². The Bertz CT molecular complexity index is 963. The van der Waals surface area contributed by atoms with E-state index < -0.39 is 17.9 Å². The molecule has 0 aromatic heterocycles. The normalized spacial score (nSPS) is 11.5. The first-order valence-corrected chi connectivity index (χ1v) is 16.4. The average Bonchev–Trinajstić information content (AvgIpc) is 3.06.